The van der Waals surface area contributed by atoms with Crippen LogP contribution in [0, 0.1) is 20.8 Å². The fourth-order valence-electron chi connectivity index (χ4n) is 9.85. The van der Waals surface area contributed by atoms with Gasteiger partial charge in [-0.3, -0.25) is 0 Å². The van der Waals surface area contributed by atoms with E-state index >= 15 is 0 Å². The van der Waals surface area contributed by atoms with Gasteiger partial charge in [0.15, 0.2) is 0 Å². The van der Waals surface area contributed by atoms with Crippen LogP contribution in [0.5, 0.6) is 0 Å². The van der Waals surface area contributed by atoms with Crippen molar-refractivity contribution in [3.63, 3.8) is 0 Å². The molecule has 11 rings (SSSR count). The van der Waals surface area contributed by atoms with Crippen LogP contribution in [0.1, 0.15) is 16.7 Å². The van der Waals surface area contributed by atoms with Crippen LogP contribution >= 0.6 is 0 Å². The first-order chi connectivity index (χ1) is 31.0. The molecule has 0 bridgehead atoms. The monoisotopic (exact) mass is 806 g/mol. The molecule has 0 aromatic heterocycles. The van der Waals surface area contributed by atoms with Crippen LogP contribution in [0.4, 0.5) is 34.1 Å². The maximum Gasteiger partial charge on any atom is 0.0547 e. The van der Waals surface area contributed by atoms with Gasteiger partial charge >= 0.3 is 0 Å². The minimum Gasteiger partial charge on any atom is -0.310 e. The van der Waals surface area contributed by atoms with Gasteiger partial charge in [-0.05, 0) is 136 Å². The van der Waals surface area contributed by atoms with Crippen LogP contribution in [0.2, 0.25) is 0 Å². The van der Waals surface area contributed by atoms with E-state index in [1.54, 1.807) is 0 Å². The van der Waals surface area contributed by atoms with E-state index in [-0.39, 0.29) is 0 Å². The number of para-hydroxylation sites is 1. The van der Waals surface area contributed by atoms with Crippen LogP contribution in [-0.4, -0.2) is 0 Å². The zero-order valence-corrected chi connectivity index (χ0v) is 35.8. The third kappa shape index (κ3) is 6.59. The molecular weight excluding hydrogens is 761 g/mol. The lowest BCUT2D eigenvalue weighted by atomic mass is 9.87. The van der Waals surface area contributed by atoms with Gasteiger partial charge in [0.25, 0.3) is 0 Å². The first-order valence-electron chi connectivity index (χ1n) is 21.9. The summed E-state index contributed by atoms with van der Waals surface area (Å²) < 4.78 is 0. The highest BCUT2D eigenvalue weighted by molar-refractivity contribution is 6.30. The first-order valence-corrected chi connectivity index (χ1v) is 21.9. The third-order valence-electron chi connectivity index (χ3n) is 12.8. The minimum absolute atomic E-state index is 1.12. The Balaban J connectivity index is 1.23. The van der Waals surface area contributed by atoms with Gasteiger partial charge in [0.05, 0.1) is 11.4 Å². The Morgan fingerprint density at radius 3 is 1.33 bits per heavy atom. The summed E-state index contributed by atoms with van der Waals surface area (Å²) in [6, 6.07) is 82.1. The molecule has 2 heteroatoms. The van der Waals surface area contributed by atoms with Gasteiger partial charge < -0.3 is 9.80 Å². The van der Waals surface area contributed by atoms with E-state index in [2.05, 4.69) is 255 Å². The van der Waals surface area contributed by atoms with Crippen molar-refractivity contribution >= 4 is 66.4 Å². The van der Waals surface area contributed by atoms with Crippen LogP contribution in [0.15, 0.2) is 224 Å². The molecule has 0 aliphatic heterocycles. The second-order valence-corrected chi connectivity index (χ2v) is 16.6. The average Bonchev–Trinajstić information content (AvgIpc) is 3.33. The largest absolute Gasteiger partial charge is 0.310 e. The summed E-state index contributed by atoms with van der Waals surface area (Å²) >= 11 is 0. The molecule has 0 saturated carbocycles. The van der Waals surface area contributed by atoms with E-state index in [9.17, 15) is 0 Å². The highest BCUT2D eigenvalue weighted by atomic mass is 15.2. The second kappa shape index (κ2) is 15.8. The molecule has 0 N–H and O–H groups in total. The predicted molar refractivity (Wildman–Crippen MR) is 270 cm³/mol. The molecule has 0 heterocycles. The highest BCUT2D eigenvalue weighted by Crippen LogP contribution is 2.51. The van der Waals surface area contributed by atoms with Gasteiger partial charge in [-0.15, -0.1) is 0 Å². The summed E-state index contributed by atoms with van der Waals surface area (Å²) in [5.74, 6) is 0. The molecule has 2 nitrogen and oxygen atoms in total. The number of rotatable bonds is 9. The molecule has 300 valence electrons. The Morgan fingerprint density at radius 1 is 0.286 bits per heavy atom. The fraction of sp³-hybridized carbons (Fsp3) is 0.0492. The van der Waals surface area contributed by atoms with E-state index < -0.39 is 0 Å². The molecular formula is C61H46N2. The maximum atomic E-state index is 2.50. The summed E-state index contributed by atoms with van der Waals surface area (Å²) in [7, 11) is 0. The van der Waals surface area contributed by atoms with Crippen molar-refractivity contribution in [2.45, 2.75) is 20.8 Å². The Kier molecular flexibility index (Phi) is 9.55. The fourth-order valence-corrected chi connectivity index (χ4v) is 9.85. The van der Waals surface area contributed by atoms with E-state index in [0.29, 0.717) is 0 Å². The number of nitrogens with zero attached hydrogens (tertiary/aromatic N) is 2. The Bertz CT molecular complexity index is 3410. The van der Waals surface area contributed by atoms with Crippen molar-refractivity contribution in [3.8, 4) is 33.4 Å². The smallest absolute Gasteiger partial charge is 0.0547 e. The van der Waals surface area contributed by atoms with Gasteiger partial charge in [0.2, 0.25) is 0 Å². The summed E-state index contributed by atoms with van der Waals surface area (Å²) in [5.41, 5.74) is 17.8. The summed E-state index contributed by atoms with van der Waals surface area (Å²) in [5, 5.41) is 7.40. The van der Waals surface area contributed by atoms with Gasteiger partial charge in [0.1, 0.15) is 0 Å². The molecule has 63 heavy (non-hydrogen) atoms. The molecule has 11 aromatic carbocycles. The second-order valence-electron chi connectivity index (χ2n) is 16.6. The molecule has 0 aliphatic carbocycles. The van der Waals surface area contributed by atoms with Crippen molar-refractivity contribution in [1.29, 1.82) is 0 Å². The number of aryl methyl sites for hydroxylation is 1. The van der Waals surface area contributed by atoms with Gasteiger partial charge in [-0.1, -0.05) is 176 Å². The predicted octanol–water partition coefficient (Wildman–Crippen LogP) is 17.4. The van der Waals surface area contributed by atoms with Crippen molar-refractivity contribution in [3.05, 3.63) is 241 Å². The Morgan fingerprint density at radius 2 is 0.746 bits per heavy atom. The summed E-state index contributed by atoms with van der Waals surface area (Å²) in [4.78, 5) is 4.97. The molecule has 0 amide bonds. The van der Waals surface area contributed by atoms with Crippen molar-refractivity contribution in [2.75, 3.05) is 9.80 Å². The quantitative estimate of drug-likeness (QED) is 0.134. The van der Waals surface area contributed by atoms with Crippen LogP contribution in [0.25, 0.3) is 65.7 Å². The van der Waals surface area contributed by atoms with Gasteiger partial charge in [-0.25, -0.2) is 0 Å². The maximum absolute atomic E-state index is 2.50. The normalized spacial score (nSPS) is 11.4. The summed E-state index contributed by atoms with van der Waals surface area (Å²) in [6.07, 6.45) is 0. The minimum atomic E-state index is 1.12. The molecule has 0 saturated heterocycles. The van der Waals surface area contributed by atoms with Crippen molar-refractivity contribution in [1.82, 2.24) is 0 Å². The highest BCUT2D eigenvalue weighted by Gasteiger charge is 2.26. The molecule has 0 spiro atoms. The lowest BCUT2D eigenvalue weighted by molar-refractivity contribution is 1.25. The zero-order chi connectivity index (χ0) is 42.4. The van der Waals surface area contributed by atoms with Crippen molar-refractivity contribution < 1.29 is 0 Å². The molecule has 0 atom stereocenters. The average molecular weight is 807 g/mol. The Labute approximate surface area is 369 Å². The van der Waals surface area contributed by atoms with E-state index in [1.807, 2.05) is 0 Å². The van der Waals surface area contributed by atoms with Crippen LogP contribution < -0.4 is 9.80 Å². The Hall–Kier alpha value is -7.94. The topological polar surface area (TPSA) is 6.48 Å². The van der Waals surface area contributed by atoms with E-state index in [4.69, 9.17) is 0 Å². The van der Waals surface area contributed by atoms with Crippen LogP contribution in [0.3, 0.4) is 0 Å². The number of benzene rings is 11. The molecule has 11 aromatic rings. The zero-order valence-electron chi connectivity index (χ0n) is 35.8. The number of hydrogen-bond donors (Lipinski definition) is 0. The first kappa shape index (κ1) is 38.0. The molecule has 0 radical (unpaired) electrons. The third-order valence-corrected chi connectivity index (χ3v) is 12.8. The molecule has 0 aliphatic rings. The molecule has 0 unspecified atom stereocenters. The van der Waals surface area contributed by atoms with Gasteiger partial charge in [0, 0.05) is 38.9 Å². The number of hydrogen-bond acceptors (Lipinski definition) is 2. The summed E-state index contributed by atoms with van der Waals surface area (Å²) in [6.45, 7) is 6.72. The lowest BCUT2D eigenvalue weighted by Gasteiger charge is -2.32. The standard InChI is InChI=1S/C61H46N2/c1-41-19-16-28-49(39-41)63(57-32-18-30-51(43(57)3)45-22-10-5-11-23-45)59-40-55(46-24-12-6-13-25-46)52-36-37-53-58(38-34-47-33-35-54(59)61(52)60(47)53)62(48-26-14-7-15-27-48)56-31-17-29-50(42(56)2)44-20-8-4-9-21-44/h4-40H,1-3H3. The van der Waals surface area contributed by atoms with E-state index in [0.717, 1.165) is 34.1 Å². The number of anilines is 6. The van der Waals surface area contributed by atoms with Crippen LogP contribution in [-0.2, 0) is 0 Å². The lowest BCUT2D eigenvalue weighted by Crippen LogP contribution is -2.13. The van der Waals surface area contributed by atoms with E-state index in [1.165, 1.54) is 82.4 Å². The molecule has 0 fully saturated rings. The van der Waals surface area contributed by atoms with Gasteiger partial charge in [-0.2, -0.15) is 0 Å². The van der Waals surface area contributed by atoms with Crippen molar-refractivity contribution in [2.24, 2.45) is 0 Å². The SMILES string of the molecule is Cc1cccc(N(c2cccc(-c3ccccc3)c2C)c2cc(-c3ccccc3)c3ccc4c(N(c5ccccc5)c5cccc(-c6ccccc6)c5C)ccc5ccc2c3c54)c1.